The van der Waals surface area contributed by atoms with Crippen molar-refractivity contribution in [2.45, 2.75) is 37.2 Å². The number of ether oxygens (including phenoxy) is 4. The summed E-state index contributed by atoms with van der Waals surface area (Å²) in [6.45, 7) is -0.451. The second-order valence-corrected chi connectivity index (χ2v) is 8.12. The van der Waals surface area contributed by atoms with Crippen LogP contribution in [0.5, 0.6) is 11.9 Å². The summed E-state index contributed by atoms with van der Waals surface area (Å²) in [7, 11) is 0. The van der Waals surface area contributed by atoms with Crippen molar-refractivity contribution < 1.29 is 46.0 Å². The van der Waals surface area contributed by atoms with E-state index in [0.29, 0.717) is 5.52 Å². The second kappa shape index (κ2) is 8.48. The van der Waals surface area contributed by atoms with Gasteiger partial charge in [0.2, 0.25) is 5.88 Å². The Hall–Kier alpha value is -2.74. The molecule has 0 amide bonds. The van der Waals surface area contributed by atoms with Crippen LogP contribution < -0.4 is 9.47 Å². The van der Waals surface area contributed by atoms with Crippen LogP contribution in [0.25, 0.3) is 11.2 Å². The smallest absolute Gasteiger partial charge is 0.416 e. The minimum atomic E-state index is -4.90. The summed E-state index contributed by atoms with van der Waals surface area (Å²) in [6, 6.07) is 1.82. The number of halogens is 6. The van der Waals surface area contributed by atoms with Crippen molar-refractivity contribution in [1.82, 2.24) is 15.0 Å². The molecule has 0 spiro atoms. The first kappa shape index (κ1) is 23.0. The summed E-state index contributed by atoms with van der Waals surface area (Å²) < 4.78 is 88.2. The molecule has 14 heteroatoms. The number of nitrogens with zero attached hydrogens (tertiary/aromatic N) is 2. The van der Waals surface area contributed by atoms with Crippen LogP contribution in [0.1, 0.15) is 11.1 Å². The molecule has 0 saturated carbocycles. The molecule has 1 aromatic carbocycles. The standard InChI is InChI=1S/C20H15ClF5N3O5/c21-9-3-12-17(29-19(27-12)34-14-6-32-15-13(30)5-31-16(14)15)28-18(9)33-4-8-10(22)1-7(2-11(8)23)20(24,25)26/h1-3,13-16,30H,4-6H2,(H,27,28,29)/t13-,14-,15?,16?/m1/s1. The van der Waals surface area contributed by atoms with Gasteiger partial charge in [-0.05, 0) is 18.2 Å². The summed E-state index contributed by atoms with van der Waals surface area (Å²) in [4.78, 5) is 11.1. The molecule has 4 atom stereocenters. The molecule has 34 heavy (non-hydrogen) atoms. The number of aromatic nitrogens is 3. The summed E-state index contributed by atoms with van der Waals surface area (Å²) in [5.74, 6) is -3.08. The number of rotatable bonds is 5. The quantitative estimate of drug-likeness (QED) is 0.511. The van der Waals surface area contributed by atoms with Gasteiger partial charge in [0.25, 0.3) is 6.01 Å². The van der Waals surface area contributed by atoms with Gasteiger partial charge in [0.15, 0.2) is 11.8 Å². The third-order valence-electron chi connectivity index (χ3n) is 5.44. The molecule has 2 N–H and O–H groups in total. The number of aliphatic hydroxyl groups is 1. The number of fused-ring (bicyclic) bond motifs is 2. The van der Waals surface area contributed by atoms with E-state index < -0.39 is 60.0 Å². The van der Waals surface area contributed by atoms with Crippen molar-refractivity contribution in [2.75, 3.05) is 13.2 Å². The Bertz CT molecular complexity index is 1220. The fourth-order valence-corrected chi connectivity index (χ4v) is 3.98. The van der Waals surface area contributed by atoms with Crippen molar-refractivity contribution in [3.05, 3.63) is 46.0 Å². The van der Waals surface area contributed by atoms with E-state index in [9.17, 15) is 27.1 Å². The highest BCUT2D eigenvalue weighted by Gasteiger charge is 2.48. The third kappa shape index (κ3) is 4.24. The van der Waals surface area contributed by atoms with Gasteiger partial charge in [-0.3, -0.25) is 0 Å². The number of nitrogens with one attached hydrogen (secondary N) is 1. The zero-order valence-corrected chi connectivity index (χ0v) is 17.7. The molecular weight excluding hydrogens is 493 g/mol. The van der Waals surface area contributed by atoms with E-state index in [0.717, 1.165) is 0 Å². The monoisotopic (exact) mass is 507 g/mol. The molecule has 182 valence electrons. The molecule has 2 aromatic heterocycles. The van der Waals surface area contributed by atoms with Crippen LogP contribution in [0.4, 0.5) is 22.0 Å². The number of H-pyrrole nitrogens is 1. The normalized spacial score (nSPS) is 24.6. The highest BCUT2D eigenvalue weighted by atomic mass is 35.5. The van der Waals surface area contributed by atoms with Gasteiger partial charge >= 0.3 is 6.18 Å². The first-order valence-corrected chi connectivity index (χ1v) is 10.3. The fraction of sp³-hybridized carbons (Fsp3) is 0.400. The van der Waals surface area contributed by atoms with Crippen LogP contribution in [0, 0.1) is 11.6 Å². The van der Waals surface area contributed by atoms with E-state index in [-0.39, 0.29) is 47.9 Å². The lowest BCUT2D eigenvalue weighted by atomic mass is 10.1. The molecule has 0 bridgehead atoms. The summed E-state index contributed by atoms with van der Waals surface area (Å²) >= 11 is 6.12. The van der Waals surface area contributed by atoms with Gasteiger partial charge in [0.1, 0.15) is 41.6 Å². The van der Waals surface area contributed by atoms with Crippen molar-refractivity contribution in [2.24, 2.45) is 0 Å². The number of pyridine rings is 1. The van der Waals surface area contributed by atoms with Crippen LogP contribution >= 0.6 is 11.6 Å². The number of aromatic amines is 1. The Morgan fingerprint density at radius 3 is 2.50 bits per heavy atom. The van der Waals surface area contributed by atoms with E-state index in [4.69, 9.17) is 30.5 Å². The third-order valence-corrected chi connectivity index (χ3v) is 5.71. The van der Waals surface area contributed by atoms with Crippen molar-refractivity contribution >= 4 is 22.8 Å². The Morgan fingerprint density at radius 2 is 1.79 bits per heavy atom. The van der Waals surface area contributed by atoms with E-state index >= 15 is 0 Å². The lowest BCUT2D eigenvalue weighted by Crippen LogP contribution is -2.34. The van der Waals surface area contributed by atoms with Gasteiger partial charge in [0.05, 0.1) is 29.9 Å². The maximum absolute atomic E-state index is 14.1. The minimum Gasteiger partial charge on any atom is -0.471 e. The first-order valence-electron chi connectivity index (χ1n) is 9.92. The molecule has 4 heterocycles. The molecular formula is C20H15ClF5N3O5. The van der Waals surface area contributed by atoms with Crippen molar-refractivity contribution in [1.29, 1.82) is 0 Å². The number of hydrogen-bond acceptors (Lipinski definition) is 7. The summed E-state index contributed by atoms with van der Waals surface area (Å²) in [5, 5.41) is 9.77. The van der Waals surface area contributed by atoms with Gasteiger partial charge in [-0.2, -0.15) is 23.1 Å². The molecule has 2 saturated heterocycles. The van der Waals surface area contributed by atoms with Gasteiger partial charge in [-0.1, -0.05) is 11.6 Å². The second-order valence-electron chi connectivity index (χ2n) is 7.71. The van der Waals surface area contributed by atoms with Crippen molar-refractivity contribution in [3.63, 3.8) is 0 Å². The molecule has 2 fully saturated rings. The molecule has 0 radical (unpaired) electrons. The molecule has 0 aliphatic carbocycles. The van der Waals surface area contributed by atoms with Crippen LogP contribution in [0.15, 0.2) is 18.2 Å². The largest absolute Gasteiger partial charge is 0.471 e. The molecule has 2 unspecified atom stereocenters. The minimum absolute atomic E-state index is 0.0399. The average molecular weight is 508 g/mol. The number of benzene rings is 1. The maximum atomic E-state index is 14.1. The van der Waals surface area contributed by atoms with Crippen LogP contribution in [0.3, 0.4) is 0 Å². The lowest BCUT2D eigenvalue weighted by molar-refractivity contribution is -0.138. The van der Waals surface area contributed by atoms with Gasteiger partial charge in [0, 0.05) is 0 Å². The topological polar surface area (TPSA) is 98.7 Å². The number of hydrogen-bond donors (Lipinski definition) is 2. The van der Waals surface area contributed by atoms with Gasteiger partial charge < -0.3 is 29.0 Å². The SMILES string of the molecule is O[C@@H]1COC2C1OC[C@H]2Oc1nc2nc(OCc3c(F)cc(C(F)(F)F)cc3F)c(Cl)cc2[nH]1. The van der Waals surface area contributed by atoms with E-state index in [1.54, 1.807) is 0 Å². The zero-order valence-electron chi connectivity index (χ0n) is 16.9. The highest BCUT2D eigenvalue weighted by molar-refractivity contribution is 6.32. The predicted octanol–water partition coefficient (Wildman–Crippen LogP) is 3.39. The number of imidazole rings is 1. The van der Waals surface area contributed by atoms with Crippen LogP contribution in [-0.2, 0) is 22.3 Å². The Balaban J connectivity index is 1.32. The fourth-order valence-electron chi connectivity index (χ4n) is 3.77. The number of aliphatic hydroxyl groups excluding tert-OH is 1. The van der Waals surface area contributed by atoms with E-state index in [2.05, 4.69) is 15.0 Å². The number of alkyl halides is 3. The maximum Gasteiger partial charge on any atom is 0.416 e. The first-order chi connectivity index (χ1) is 16.1. The van der Waals surface area contributed by atoms with E-state index in [1.807, 2.05) is 0 Å². The van der Waals surface area contributed by atoms with Gasteiger partial charge in [-0.15, -0.1) is 0 Å². The predicted molar refractivity (Wildman–Crippen MR) is 104 cm³/mol. The van der Waals surface area contributed by atoms with Crippen molar-refractivity contribution in [3.8, 4) is 11.9 Å². The van der Waals surface area contributed by atoms with Crippen LogP contribution in [0.2, 0.25) is 5.02 Å². The van der Waals surface area contributed by atoms with Gasteiger partial charge in [-0.25, -0.2) is 8.78 Å². The summed E-state index contributed by atoms with van der Waals surface area (Å²) in [5.41, 5.74) is -1.70. The highest BCUT2D eigenvalue weighted by Crippen LogP contribution is 2.33. The molecule has 3 aromatic rings. The molecule has 2 aliphatic rings. The zero-order chi connectivity index (χ0) is 24.2. The average Bonchev–Trinajstić information content (AvgIpc) is 3.43. The van der Waals surface area contributed by atoms with Crippen LogP contribution in [-0.4, -0.2) is 57.7 Å². The Kier molecular flexibility index (Phi) is 5.74. The lowest BCUT2D eigenvalue weighted by Gasteiger charge is -2.15. The molecule has 2 aliphatic heterocycles. The molecule has 5 rings (SSSR count). The molecule has 8 nitrogen and oxygen atoms in total. The summed E-state index contributed by atoms with van der Waals surface area (Å²) in [6.07, 6.45) is -7.13. The Morgan fingerprint density at radius 1 is 1.09 bits per heavy atom. The van der Waals surface area contributed by atoms with E-state index in [1.165, 1.54) is 6.07 Å². The Labute approximate surface area is 192 Å².